The van der Waals surface area contributed by atoms with Gasteiger partial charge in [0.25, 0.3) is 0 Å². The van der Waals surface area contributed by atoms with Crippen molar-refractivity contribution in [1.29, 1.82) is 0 Å². The number of hydrogen-bond acceptors (Lipinski definition) is 5. The van der Waals surface area contributed by atoms with Gasteiger partial charge in [-0.05, 0) is 35.6 Å². The predicted octanol–water partition coefficient (Wildman–Crippen LogP) is 5.76. The lowest BCUT2D eigenvalue weighted by molar-refractivity contribution is -0.198. The first kappa shape index (κ1) is 25.8. The van der Waals surface area contributed by atoms with Crippen LogP contribution in [0.25, 0.3) is 22.4 Å². The van der Waals surface area contributed by atoms with Crippen molar-refractivity contribution in [2.75, 3.05) is 0 Å². The lowest BCUT2D eigenvalue weighted by atomic mass is 9.93. The summed E-state index contributed by atoms with van der Waals surface area (Å²) < 4.78 is 47.9. The Bertz CT molecular complexity index is 1370. The van der Waals surface area contributed by atoms with Crippen molar-refractivity contribution in [2.45, 2.75) is 31.7 Å². The average Bonchev–Trinajstić information content (AvgIpc) is 2.88. The van der Waals surface area contributed by atoms with E-state index in [-0.39, 0.29) is 17.9 Å². The monoisotopic (exact) mass is 507 g/mol. The summed E-state index contributed by atoms with van der Waals surface area (Å²) in [4.78, 5) is 19.2. The fourth-order valence-corrected chi connectivity index (χ4v) is 3.95. The summed E-state index contributed by atoms with van der Waals surface area (Å²) in [5.74, 6) is -1.36. The van der Waals surface area contributed by atoms with Crippen LogP contribution in [0.3, 0.4) is 0 Å². The average molecular weight is 508 g/mol. The number of alkyl halides is 3. The molecule has 1 unspecified atom stereocenters. The van der Waals surface area contributed by atoms with Gasteiger partial charge in [0.05, 0.1) is 18.1 Å². The van der Waals surface area contributed by atoms with Crippen molar-refractivity contribution in [3.8, 4) is 28.3 Å². The second-order valence-electron chi connectivity index (χ2n) is 8.53. The SMILES string of the molecule is Cc1ccccc1-c1ccccc1C(Oc1cnc(-c2ccc(C[C@H](N)C(=O)O)cc2)cn1)C(F)(F)F. The molecule has 0 spiro atoms. The molecule has 2 atom stereocenters. The van der Waals surface area contributed by atoms with Crippen LogP contribution in [0.1, 0.15) is 22.8 Å². The second kappa shape index (κ2) is 10.8. The van der Waals surface area contributed by atoms with Gasteiger partial charge in [-0.2, -0.15) is 13.2 Å². The zero-order chi connectivity index (χ0) is 26.6. The first-order valence-corrected chi connectivity index (χ1v) is 11.4. The quantitative estimate of drug-likeness (QED) is 0.315. The molecular formula is C28H24F3N3O3. The maximum absolute atomic E-state index is 14.2. The van der Waals surface area contributed by atoms with E-state index in [1.165, 1.54) is 12.3 Å². The number of benzene rings is 3. The fourth-order valence-electron chi connectivity index (χ4n) is 3.95. The third kappa shape index (κ3) is 6.13. The maximum Gasteiger partial charge on any atom is 0.429 e. The van der Waals surface area contributed by atoms with E-state index >= 15 is 0 Å². The molecule has 0 aliphatic heterocycles. The molecule has 4 rings (SSSR count). The van der Waals surface area contributed by atoms with E-state index in [4.69, 9.17) is 15.6 Å². The van der Waals surface area contributed by atoms with Gasteiger partial charge in [0, 0.05) is 11.1 Å². The lowest BCUT2D eigenvalue weighted by Crippen LogP contribution is -2.32. The topological polar surface area (TPSA) is 98.3 Å². The minimum absolute atomic E-state index is 0.0228. The van der Waals surface area contributed by atoms with Crippen molar-refractivity contribution in [1.82, 2.24) is 9.97 Å². The molecule has 0 fully saturated rings. The van der Waals surface area contributed by atoms with Gasteiger partial charge in [-0.3, -0.25) is 4.79 Å². The highest BCUT2D eigenvalue weighted by atomic mass is 19.4. The Labute approximate surface area is 211 Å². The zero-order valence-corrected chi connectivity index (χ0v) is 19.8. The molecular weight excluding hydrogens is 483 g/mol. The third-order valence-corrected chi connectivity index (χ3v) is 5.87. The summed E-state index contributed by atoms with van der Waals surface area (Å²) in [5.41, 5.74) is 9.30. The molecule has 0 bridgehead atoms. The predicted molar refractivity (Wildman–Crippen MR) is 133 cm³/mol. The number of aliphatic carboxylic acids is 1. The molecule has 0 saturated heterocycles. The number of aryl methyl sites for hydroxylation is 1. The van der Waals surface area contributed by atoms with Crippen molar-refractivity contribution < 1.29 is 27.8 Å². The number of hydrogen-bond donors (Lipinski definition) is 2. The molecule has 3 aromatic carbocycles. The lowest BCUT2D eigenvalue weighted by Gasteiger charge is -2.24. The highest BCUT2D eigenvalue weighted by Crippen LogP contribution is 2.41. The Balaban J connectivity index is 1.58. The number of rotatable bonds is 8. The van der Waals surface area contributed by atoms with Crippen molar-refractivity contribution in [3.63, 3.8) is 0 Å². The minimum Gasteiger partial charge on any atom is -0.480 e. The standard InChI is InChI=1S/C28H24F3N3O3/c1-17-6-2-3-7-20(17)21-8-4-5-9-22(21)26(28(29,30)31)37-25-16-33-24(15-34-25)19-12-10-18(11-13-19)14-23(32)27(35)36/h2-13,15-16,23,26H,14,32H2,1H3,(H,35,36)/t23-,26?/m0/s1. The Kier molecular flexibility index (Phi) is 7.54. The van der Waals surface area contributed by atoms with E-state index in [2.05, 4.69) is 9.97 Å². The highest BCUT2D eigenvalue weighted by molar-refractivity contribution is 5.73. The smallest absolute Gasteiger partial charge is 0.429 e. The molecule has 0 aliphatic carbocycles. The largest absolute Gasteiger partial charge is 0.480 e. The Morgan fingerprint density at radius 3 is 2.19 bits per heavy atom. The van der Waals surface area contributed by atoms with Gasteiger partial charge in [-0.15, -0.1) is 0 Å². The first-order valence-electron chi connectivity index (χ1n) is 11.4. The van der Waals surface area contributed by atoms with E-state index in [0.717, 1.165) is 17.3 Å². The summed E-state index contributed by atoms with van der Waals surface area (Å²) in [6, 6.07) is 19.3. The van der Waals surface area contributed by atoms with Crippen molar-refractivity contribution in [2.24, 2.45) is 5.73 Å². The number of carboxylic acids is 1. The van der Waals surface area contributed by atoms with Crippen molar-refractivity contribution in [3.05, 3.63) is 102 Å². The van der Waals surface area contributed by atoms with E-state index in [1.807, 2.05) is 19.1 Å². The van der Waals surface area contributed by atoms with Crippen LogP contribution < -0.4 is 10.5 Å². The maximum atomic E-state index is 14.2. The molecule has 9 heteroatoms. The van der Waals surface area contributed by atoms with Crippen LogP contribution in [0, 0.1) is 6.92 Å². The molecule has 190 valence electrons. The summed E-state index contributed by atoms with van der Waals surface area (Å²) in [6.07, 6.45) is -4.31. The number of aromatic nitrogens is 2. The Hall–Kier alpha value is -4.24. The molecule has 6 nitrogen and oxygen atoms in total. The molecule has 0 saturated carbocycles. The molecule has 0 amide bonds. The van der Waals surface area contributed by atoms with Crippen LogP contribution in [0.15, 0.2) is 85.2 Å². The highest BCUT2D eigenvalue weighted by Gasteiger charge is 2.44. The number of carbonyl (C=O) groups is 1. The number of nitrogens with two attached hydrogens (primary N) is 1. The molecule has 0 radical (unpaired) electrons. The molecule has 0 aliphatic rings. The molecule has 37 heavy (non-hydrogen) atoms. The number of ether oxygens (including phenoxy) is 1. The molecule has 1 heterocycles. The van der Waals surface area contributed by atoms with Gasteiger partial charge >= 0.3 is 12.1 Å². The van der Waals surface area contributed by atoms with Crippen LogP contribution in [0.4, 0.5) is 13.2 Å². The Morgan fingerprint density at radius 1 is 0.946 bits per heavy atom. The van der Waals surface area contributed by atoms with E-state index < -0.39 is 24.3 Å². The minimum atomic E-state index is -4.70. The van der Waals surface area contributed by atoms with Crippen LogP contribution >= 0.6 is 0 Å². The summed E-state index contributed by atoms with van der Waals surface area (Å²) in [7, 11) is 0. The van der Waals surface area contributed by atoms with Crippen LogP contribution in [0.2, 0.25) is 0 Å². The number of nitrogens with zero attached hydrogens (tertiary/aromatic N) is 2. The summed E-state index contributed by atoms with van der Waals surface area (Å²) in [6.45, 7) is 1.84. The van der Waals surface area contributed by atoms with Crippen LogP contribution in [-0.2, 0) is 11.2 Å². The van der Waals surface area contributed by atoms with Gasteiger partial charge in [0.2, 0.25) is 12.0 Å². The van der Waals surface area contributed by atoms with Gasteiger partial charge in [0.1, 0.15) is 6.04 Å². The first-order chi connectivity index (χ1) is 17.6. The fraction of sp³-hybridized carbons (Fsp3) is 0.179. The normalized spacial score (nSPS) is 13.1. The molecule has 1 aromatic heterocycles. The zero-order valence-electron chi connectivity index (χ0n) is 19.8. The van der Waals surface area contributed by atoms with Gasteiger partial charge in [-0.25, -0.2) is 9.97 Å². The van der Waals surface area contributed by atoms with E-state index in [9.17, 15) is 18.0 Å². The second-order valence-corrected chi connectivity index (χ2v) is 8.53. The van der Waals surface area contributed by atoms with Gasteiger partial charge in [0.15, 0.2) is 0 Å². The number of carboxylic acid groups (broad SMARTS) is 1. The van der Waals surface area contributed by atoms with Crippen LogP contribution in [0.5, 0.6) is 5.88 Å². The molecule has 4 aromatic rings. The van der Waals surface area contributed by atoms with Gasteiger partial charge in [-0.1, -0.05) is 72.8 Å². The Morgan fingerprint density at radius 2 is 1.59 bits per heavy atom. The van der Waals surface area contributed by atoms with Crippen molar-refractivity contribution >= 4 is 5.97 Å². The van der Waals surface area contributed by atoms with Crippen LogP contribution in [-0.4, -0.2) is 33.3 Å². The summed E-state index contributed by atoms with van der Waals surface area (Å²) in [5, 5.41) is 8.95. The summed E-state index contributed by atoms with van der Waals surface area (Å²) >= 11 is 0. The van der Waals surface area contributed by atoms with Gasteiger partial charge < -0.3 is 15.6 Å². The number of halogens is 3. The van der Waals surface area contributed by atoms with E-state index in [1.54, 1.807) is 54.6 Å². The third-order valence-electron chi connectivity index (χ3n) is 5.87. The molecule has 3 N–H and O–H groups in total. The van der Waals surface area contributed by atoms with E-state index in [0.29, 0.717) is 22.4 Å².